The van der Waals surface area contributed by atoms with Crippen molar-refractivity contribution in [3.05, 3.63) is 102 Å². The highest BCUT2D eigenvalue weighted by Gasteiger charge is 2.35. The SMILES string of the molecule is CC(=O)N[C@@H](CCC(=O)OC(C)(C)C)C(=O)N[C@H](Cc1ccccc1)C(=O)N[C@H](Cc1c[nH]c2ccccc12)C(=O)N[C@@H](COC(C)(C)C)C(=O)N[C@@H](Cc1ccc(OC(C)(C)C)cc1)C(=O)N[C@H](CCCCN)C(=O)O. The van der Waals surface area contributed by atoms with E-state index in [-0.39, 0.29) is 38.5 Å². The van der Waals surface area contributed by atoms with Crippen molar-refractivity contribution in [3.8, 4) is 5.75 Å². The molecule has 0 aliphatic heterocycles. The van der Waals surface area contributed by atoms with Gasteiger partial charge in [0.2, 0.25) is 35.4 Å². The number of benzene rings is 3. The quantitative estimate of drug-likeness (QED) is 0.0281. The number of hydrogen-bond donors (Lipinski definition) is 9. The number of aromatic amines is 1. The molecule has 0 radical (unpaired) electrons. The number of ether oxygens (including phenoxy) is 3. The molecular formula is C57H80N8O12. The molecular weight excluding hydrogens is 989 g/mol. The van der Waals surface area contributed by atoms with E-state index in [9.17, 15) is 43.5 Å². The van der Waals surface area contributed by atoms with Crippen molar-refractivity contribution in [3.63, 3.8) is 0 Å². The molecule has 20 nitrogen and oxygen atoms in total. The Morgan fingerprint density at radius 2 is 1.06 bits per heavy atom. The van der Waals surface area contributed by atoms with E-state index in [4.69, 9.17) is 19.9 Å². The van der Waals surface area contributed by atoms with E-state index in [1.165, 1.54) is 6.92 Å². The minimum Gasteiger partial charge on any atom is -0.488 e. The van der Waals surface area contributed by atoms with Crippen LogP contribution in [0.3, 0.4) is 0 Å². The average molecular weight is 1070 g/mol. The Hall–Kier alpha value is -7.32. The van der Waals surface area contributed by atoms with Crippen LogP contribution in [-0.4, -0.2) is 124 Å². The van der Waals surface area contributed by atoms with Crippen LogP contribution in [0.2, 0.25) is 0 Å². The number of unbranched alkanes of at least 4 members (excludes halogenated alkanes) is 1. The van der Waals surface area contributed by atoms with Crippen LogP contribution < -0.4 is 42.4 Å². The summed E-state index contributed by atoms with van der Waals surface area (Å²) >= 11 is 0. The van der Waals surface area contributed by atoms with Gasteiger partial charge in [-0.2, -0.15) is 0 Å². The third-order valence-electron chi connectivity index (χ3n) is 11.7. The number of carbonyl (C=O) groups is 8. The normalized spacial score (nSPS) is 14.1. The smallest absolute Gasteiger partial charge is 0.326 e. The van der Waals surface area contributed by atoms with Crippen molar-refractivity contribution in [2.24, 2.45) is 5.73 Å². The number of aliphatic carboxylic acids is 1. The molecule has 1 aromatic heterocycles. The van der Waals surface area contributed by atoms with E-state index in [0.717, 1.165) is 10.9 Å². The lowest BCUT2D eigenvalue weighted by atomic mass is 10.0. The minimum atomic E-state index is -1.50. The van der Waals surface area contributed by atoms with Gasteiger partial charge in [0.15, 0.2) is 0 Å². The Bertz CT molecular complexity index is 2620. The Kier molecular flexibility index (Phi) is 23.2. The van der Waals surface area contributed by atoms with Crippen LogP contribution >= 0.6 is 0 Å². The van der Waals surface area contributed by atoms with Crippen molar-refractivity contribution in [1.82, 2.24) is 36.9 Å². The van der Waals surface area contributed by atoms with Gasteiger partial charge in [-0.15, -0.1) is 0 Å². The molecule has 10 N–H and O–H groups in total. The van der Waals surface area contributed by atoms with Gasteiger partial charge in [0, 0.05) is 49.7 Å². The van der Waals surface area contributed by atoms with E-state index in [1.807, 2.05) is 45.0 Å². The summed E-state index contributed by atoms with van der Waals surface area (Å²) in [4.78, 5) is 113. The van der Waals surface area contributed by atoms with Crippen LogP contribution in [-0.2, 0) is 67.1 Å². The number of H-pyrrole nitrogens is 1. The molecule has 0 saturated heterocycles. The lowest BCUT2D eigenvalue weighted by molar-refractivity contribution is -0.155. The number of aromatic nitrogens is 1. The summed E-state index contributed by atoms with van der Waals surface area (Å²) in [6.45, 7) is 17.2. The molecule has 6 atom stereocenters. The Morgan fingerprint density at radius 1 is 0.558 bits per heavy atom. The molecule has 1 heterocycles. The maximum Gasteiger partial charge on any atom is 0.326 e. The molecule has 0 saturated carbocycles. The first-order valence-corrected chi connectivity index (χ1v) is 26.0. The highest BCUT2D eigenvalue weighted by molar-refractivity contribution is 5.97. The first kappa shape index (κ1) is 62.2. The summed E-state index contributed by atoms with van der Waals surface area (Å²) < 4.78 is 17.5. The fourth-order valence-corrected chi connectivity index (χ4v) is 8.08. The number of fused-ring (bicyclic) bond motifs is 1. The Morgan fingerprint density at radius 3 is 1.60 bits per heavy atom. The molecule has 0 bridgehead atoms. The zero-order valence-electron chi connectivity index (χ0n) is 46.1. The molecule has 0 aliphatic rings. The topological polar surface area (TPSA) is 298 Å². The molecule has 4 rings (SSSR count). The number of carboxylic acids is 1. The average Bonchev–Trinajstić information content (AvgIpc) is 3.74. The van der Waals surface area contributed by atoms with Gasteiger partial charge < -0.3 is 61.9 Å². The molecule has 420 valence electrons. The summed E-state index contributed by atoms with van der Waals surface area (Å²) in [5.74, 6) is -5.91. The van der Waals surface area contributed by atoms with E-state index in [2.05, 4.69) is 36.9 Å². The zero-order valence-corrected chi connectivity index (χ0v) is 46.1. The summed E-state index contributed by atoms with van der Waals surface area (Å²) in [5, 5.41) is 27.1. The molecule has 4 aromatic rings. The van der Waals surface area contributed by atoms with Gasteiger partial charge in [0.1, 0.15) is 53.2 Å². The maximum absolute atomic E-state index is 14.9. The Labute approximate surface area is 451 Å². The monoisotopic (exact) mass is 1070 g/mol. The van der Waals surface area contributed by atoms with Crippen LogP contribution in [0.1, 0.15) is 118 Å². The third-order valence-corrected chi connectivity index (χ3v) is 11.7. The fourth-order valence-electron chi connectivity index (χ4n) is 8.08. The van der Waals surface area contributed by atoms with Crippen LogP contribution in [0.25, 0.3) is 10.9 Å². The molecule has 0 fully saturated rings. The van der Waals surface area contributed by atoms with Gasteiger partial charge in [0.25, 0.3) is 0 Å². The predicted octanol–water partition coefficient (Wildman–Crippen LogP) is 4.45. The molecule has 6 amide bonds. The standard InChI is InChI=1S/C57H80N8O12/c1-35(66)60-42(27-28-48(67)77-57(8,9)10)49(68)62-44(30-36-18-12-11-13-19-36)51(70)64-46(32-38-33-59-41-21-15-14-20-40(38)41)52(71)65-47(34-75-55(2,3)4)53(72)63-45(50(69)61-43(54(73)74)22-16-17-29-58)31-37-23-25-39(26-24-37)76-56(5,6)7/h11-15,18-21,23-26,33,42-47,59H,16-17,22,27-32,34,58H2,1-10H3,(H,60,66)(H,61,69)(H,62,68)(H,63,72)(H,64,70)(H,65,71)(H,73,74)/t42-,43+,44+,45-,46+,47-/m0/s1. The number of amides is 6. The summed E-state index contributed by atoms with van der Waals surface area (Å²) in [7, 11) is 0. The molecule has 3 aromatic carbocycles. The predicted molar refractivity (Wildman–Crippen MR) is 291 cm³/mol. The van der Waals surface area contributed by atoms with Gasteiger partial charge in [-0.3, -0.25) is 33.6 Å². The van der Waals surface area contributed by atoms with Gasteiger partial charge in [-0.1, -0.05) is 60.7 Å². The highest BCUT2D eigenvalue weighted by Crippen LogP contribution is 2.22. The minimum absolute atomic E-state index is 0.0608. The number of rotatable bonds is 28. The second-order valence-electron chi connectivity index (χ2n) is 22.0. The van der Waals surface area contributed by atoms with Gasteiger partial charge in [-0.05, 0) is 129 Å². The lowest BCUT2D eigenvalue weighted by Crippen LogP contribution is -2.61. The molecule has 77 heavy (non-hydrogen) atoms. The van der Waals surface area contributed by atoms with Crippen LogP contribution in [0, 0.1) is 0 Å². The van der Waals surface area contributed by atoms with Crippen LogP contribution in [0.5, 0.6) is 5.75 Å². The maximum atomic E-state index is 14.9. The second kappa shape index (κ2) is 28.7. The number of nitrogens with one attached hydrogen (secondary N) is 7. The van der Waals surface area contributed by atoms with E-state index >= 15 is 0 Å². The van der Waals surface area contributed by atoms with Gasteiger partial charge >= 0.3 is 11.9 Å². The van der Waals surface area contributed by atoms with E-state index in [0.29, 0.717) is 41.8 Å². The van der Waals surface area contributed by atoms with Gasteiger partial charge in [0.05, 0.1) is 12.2 Å². The largest absolute Gasteiger partial charge is 0.488 e. The molecule has 0 unspecified atom stereocenters. The van der Waals surface area contributed by atoms with Crippen molar-refractivity contribution in [2.75, 3.05) is 13.2 Å². The molecule has 0 spiro atoms. The third kappa shape index (κ3) is 22.4. The Balaban J connectivity index is 1.72. The van der Waals surface area contributed by atoms with Crippen LogP contribution in [0.4, 0.5) is 0 Å². The summed E-state index contributed by atoms with van der Waals surface area (Å²) in [5.41, 5.74) is 6.14. The highest BCUT2D eigenvalue weighted by atomic mass is 16.6. The molecule has 0 aliphatic carbocycles. The number of carboxylic acid groups (broad SMARTS) is 1. The van der Waals surface area contributed by atoms with E-state index < -0.39 is 107 Å². The van der Waals surface area contributed by atoms with E-state index in [1.54, 1.807) is 102 Å². The first-order valence-electron chi connectivity index (χ1n) is 26.0. The summed E-state index contributed by atoms with van der Waals surface area (Å²) in [6, 6.07) is 14.8. The van der Waals surface area contributed by atoms with Crippen molar-refractivity contribution in [2.45, 2.75) is 174 Å². The molecule has 20 heteroatoms. The fraction of sp³-hybridized carbons (Fsp3) is 0.509. The number of para-hydroxylation sites is 1. The summed E-state index contributed by atoms with van der Waals surface area (Å²) in [6.07, 6.45) is 2.07. The van der Waals surface area contributed by atoms with Crippen molar-refractivity contribution in [1.29, 1.82) is 0 Å². The number of hydrogen-bond acceptors (Lipinski definition) is 12. The van der Waals surface area contributed by atoms with Crippen LogP contribution in [0.15, 0.2) is 85.1 Å². The van der Waals surface area contributed by atoms with Crippen molar-refractivity contribution < 1.29 is 57.7 Å². The van der Waals surface area contributed by atoms with Crippen molar-refractivity contribution >= 4 is 58.3 Å². The zero-order chi connectivity index (χ0) is 57.1. The lowest BCUT2D eigenvalue weighted by Gasteiger charge is -2.29. The number of nitrogens with two attached hydrogens (primary N) is 1. The number of carbonyl (C=O) groups excluding carboxylic acids is 7. The number of esters is 1. The first-order chi connectivity index (χ1) is 36.1. The van der Waals surface area contributed by atoms with Gasteiger partial charge in [-0.25, -0.2) is 4.79 Å². The second-order valence-corrected chi connectivity index (χ2v) is 22.0.